The minimum absolute atomic E-state index is 0.323. The molecule has 0 aliphatic carbocycles. The number of hydrogen-bond acceptors (Lipinski definition) is 4. The van der Waals surface area contributed by atoms with Gasteiger partial charge in [-0.25, -0.2) is 0 Å². The third-order valence-electron chi connectivity index (χ3n) is 1.94. The first-order valence-corrected chi connectivity index (χ1v) is 4.81. The number of aromatic nitrogens is 1. The summed E-state index contributed by atoms with van der Waals surface area (Å²) in [6, 6.07) is 6.18. The van der Waals surface area contributed by atoms with E-state index >= 15 is 0 Å². The van der Waals surface area contributed by atoms with E-state index in [4.69, 9.17) is 17.3 Å². The second-order valence-electron chi connectivity index (χ2n) is 3.08. The van der Waals surface area contributed by atoms with E-state index in [0.717, 1.165) is 0 Å². The maximum atomic E-state index is 11.7. The van der Waals surface area contributed by atoms with E-state index in [2.05, 4.69) is 15.0 Å². The quantitative estimate of drug-likeness (QED) is 0.785. The van der Waals surface area contributed by atoms with E-state index in [0.29, 0.717) is 22.1 Å². The number of rotatable bonds is 2. The maximum absolute atomic E-state index is 11.7. The van der Waals surface area contributed by atoms with Gasteiger partial charge in [-0.3, -0.25) is 4.79 Å². The molecule has 0 saturated heterocycles. The molecule has 1 aromatic heterocycles. The van der Waals surface area contributed by atoms with Gasteiger partial charge >= 0.3 is 0 Å². The van der Waals surface area contributed by atoms with Gasteiger partial charge in [-0.05, 0) is 18.2 Å². The molecule has 0 aliphatic rings. The van der Waals surface area contributed by atoms with Gasteiger partial charge in [0.15, 0.2) is 5.82 Å². The molecule has 2 rings (SSSR count). The lowest BCUT2D eigenvalue weighted by molar-refractivity contribution is 0.102. The topological polar surface area (TPSA) is 81.2 Å². The van der Waals surface area contributed by atoms with E-state index in [9.17, 15) is 4.79 Å². The highest BCUT2D eigenvalue weighted by molar-refractivity contribution is 6.33. The number of nitrogen functional groups attached to an aromatic ring is 1. The number of nitrogens with one attached hydrogen (secondary N) is 1. The summed E-state index contributed by atoms with van der Waals surface area (Å²) >= 11 is 5.80. The Morgan fingerprint density at radius 1 is 1.44 bits per heavy atom. The number of amides is 1. The lowest BCUT2D eigenvalue weighted by Crippen LogP contribution is -2.12. The molecule has 0 radical (unpaired) electrons. The molecule has 5 nitrogen and oxygen atoms in total. The van der Waals surface area contributed by atoms with Gasteiger partial charge in [-0.2, -0.15) is 0 Å². The van der Waals surface area contributed by atoms with Crippen LogP contribution in [0.2, 0.25) is 5.02 Å². The summed E-state index contributed by atoms with van der Waals surface area (Å²) in [4.78, 5) is 11.7. The third-order valence-corrected chi connectivity index (χ3v) is 2.27. The molecule has 0 spiro atoms. The van der Waals surface area contributed by atoms with Crippen LogP contribution in [0.3, 0.4) is 0 Å². The van der Waals surface area contributed by atoms with Crippen molar-refractivity contribution in [1.29, 1.82) is 0 Å². The van der Waals surface area contributed by atoms with Crippen LogP contribution in [0.1, 0.15) is 10.4 Å². The highest BCUT2D eigenvalue weighted by Crippen LogP contribution is 2.20. The monoisotopic (exact) mass is 237 g/mol. The Labute approximate surface area is 96.2 Å². The number of nitrogens with two attached hydrogens (primary N) is 1. The van der Waals surface area contributed by atoms with Gasteiger partial charge in [0.2, 0.25) is 0 Å². The largest absolute Gasteiger partial charge is 0.398 e. The lowest BCUT2D eigenvalue weighted by Gasteiger charge is -2.03. The molecule has 6 heteroatoms. The van der Waals surface area contributed by atoms with Crippen molar-refractivity contribution in [2.24, 2.45) is 0 Å². The number of benzene rings is 1. The fourth-order valence-corrected chi connectivity index (χ4v) is 1.31. The van der Waals surface area contributed by atoms with Crippen LogP contribution in [-0.4, -0.2) is 11.1 Å². The molecule has 0 atom stereocenters. The molecule has 16 heavy (non-hydrogen) atoms. The predicted molar refractivity (Wildman–Crippen MR) is 60.3 cm³/mol. The average Bonchev–Trinajstić information content (AvgIpc) is 2.74. The zero-order valence-electron chi connectivity index (χ0n) is 8.11. The molecule has 0 bridgehead atoms. The van der Waals surface area contributed by atoms with Crippen molar-refractivity contribution >= 4 is 29.0 Å². The van der Waals surface area contributed by atoms with Crippen LogP contribution >= 0.6 is 11.6 Å². The minimum Gasteiger partial charge on any atom is -0.398 e. The van der Waals surface area contributed by atoms with Crippen molar-refractivity contribution in [3.8, 4) is 0 Å². The first-order chi connectivity index (χ1) is 7.66. The molecular formula is C10H8ClN3O2. The summed E-state index contributed by atoms with van der Waals surface area (Å²) < 4.78 is 4.58. The fraction of sp³-hybridized carbons (Fsp3) is 0. The van der Waals surface area contributed by atoms with Crippen molar-refractivity contribution in [1.82, 2.24) is 5.16 Å². The van der Waals surface area contributed by atoms with Crippen LogP contribution in [0.25, 0.3) is 0 Å². The second kappa shape index (κ2) is 4.24. The Kier molecular flexibility index (Phi) is 2.78. The molecule has 3 N–H and O–H groups in total. The number of carbonyl (C=O) groups is 1. The zero-order chi connectivity index (χ0) is 11.5. The molecule has 0 unspecified atom stereocenters. The minimum atomic E-state index is -0.323. The smallest absolute Gasteiger partial charge is 0.256 e. The van der Waals surface area contributed by atoms with Crippen LogP contribution in [-0.2, 0) is 0 Å². The van der Waals surface area contributed by atoms with Gasteiger partial charge in [0.25, 0.3) is 5.91 Å². The molecule has 1 amide bonds. The SMILES string of the molecule is Nc1ccc(C(=O)Nc2ccon2)cc1Cl. The average molecular weight is 238 g/mol. The second-order valence-corrected chi connectivity index (χ2v) is 3.48. The van der Waals surface area contributed by atoms with Crippen molar-refractivity contribution in [2.75, 3.05) is 11.1 Å². The van der Waals surface area contributed by atoms with Crippen molar-refractivity contribution in [3.63, 3.8) is 0 Å². The molecule has 82 valence electrons. The first kappa shape index (κ1) is 10.5. The number of halogens is 1. The summed E-state index contributed by atoms with van der Waals surface area (Å²) in [5.74, 6) is 0.0220. The molecular weight excluding hydrogens is 230 g/mol. The van der Waals surface area contributed by atoms with Gasteiger partial charge in [-0.1, -0.05) is 16.8 Å². The standard InChI is InChI=1S/C10H8ClN3O2/c11-7-5-6(1-2-8(7)12)10(15)13-9-3-4-16-14-9/h1-5H,12H2,(H,13,14,15). The summed E-state index contributed by atoms with van der Waals surface area (Å²) in [5.41, 5.74) is 6.37. The predicted octanol–water partition coefficient (Wildman–Crippen LogP) is 2.16. The Morgan fingerprint density at radius 3 is 2.88 bits per heavy atom. The number of anilines is 2. The summed E-state index contributed by atoms with van der Waals surface area (Å²) in [6.07, 6.45) is 1.37. The van der Waals surface area contributed by atoms with Crippen molar-refractivity contribution in [3.05, 3.63) is 41.1 Å². The Balaban J connectivity index is 2.18. The summed E-state index contributed by atoms with van der Waals surface area (Å²) in [7, 11) is 0. The Morgan fingerprint density at radius 2 is 2.25 bits per heavy atom. The molecule has 1 heterocycles. The number of carbonyl (C=O) groups excluding carboxylic acids is 1. The van der Waals surface area contributed by atoms with Crippen molar-refractivity contribution < 1.29 is 9.32 Å². The molecule has 0 fully saturated rings. The highest BCUT2D eigenvalue weighted by Gasteiger charge is 2.09. The van der Waals surface area contributed by atoms with Gasteiger partial charge in [-0.15, -0.1) is 0 Å². The zero-order valence-corrected chi connectivity index (χ0v) is 8.86. The van der Waals surface area contributed by atoms with Crippen LogP contribution in [0.4, 0.5) is 11.5 Å². The molecule has 0 saturated carbocycles. The molecule has 1 aromatic carbocycles. The van der Waals surface area contributed by atoms with E-state index in [1.165, 1.54) is 18.4 Å². The normalized spacial score (nSPS) is 10.1. The van der Waals surface area contributed by atoms with E-state index < -0.39 is 0 Å². The molecule has 0 aliphatic heterocycles. The van der Waals surface area contributed by atoms with Crippen LogP contribution in [0.15, 0.2) is 35.1 Å². The van der Waals surface area contributed by atoms with E-state index in [1.807, 2.05) is 0 Å². The van der Waals surface area contributed by atoms with Gasteiger partial charge in [0.1, 0.15) is 6.26 Å². The van der Waals surface area contributed by atoms with Gasteiger partial charge < -0.3 is 15.6 Å². The van der Waals surface area contributed by atoms with Crippen LogP contribution in [0, 0.1) is 0 Å². The fourth-order valence-electron chi connectivity index (χ4n) is 1.13. The van der Waals surface area contributed by atoms with Gasteiger partial charge in [0.05, 0.1) is 10.7 Å². The van der Waals surface area contributed by atoms with E-state index in [1.54, 1.807) is 12.1 Å². The van der Waals surface area contributed by atoms with E-state index in [-0.39, 0.29) is 5.91 Å². The Bertz CT molecular complexity index is 511. The number of nitrogens with zero attached hydrogens (tertiary/aromatic N) is 1. The Hall–Kier alpha value is -2.01. The highest BCUT2D eigenvalue weighted by atomic mass is 35.5. The maximum Gasteiger partial charge on any atom is 0.256 e. The third kappa shape index (κ3) is 2.14. The van der Waals surface area contributed by atoms with Crippen molar-refractivity contribution in [2.45, 2.75) is 0 Å². The van der Waals surface area contributed by atoms with Crippen LogP contribution < -0.4 is 11.1 Å². The number of hydrogen-bond donors (Lipinski definition) is 2. The lowest BCUT2D eigenvalue weighted by atomic mass is 10.2. The summed E-state index contributed by atoms with van der Waals surface area (Å²) in [6.45, 7) is 0. The van der Waals surface area contributed by atoms with Crippen LogP contribution in [0.5, 0.6) is 0 Å². The molecule has 2 aromatic rings. The first-order valence-electron chi connectivity index (χ1n) is 4.43. The van der Waals surface area contributed by atoms with Gasteiger partial charge in [0, 0.05) is 11.6 Å². The summed E-state index contributed by atoms with van der Waals surface area (Å²) in [5, 5.41) is 6.44.